The third kappa shape index (κ3) is 5.86. The average molecular weight is 376 g/mol. The number of anilines is 1. The molecule has 0 bridgehead atoms. The fourth-order valence-electron chi connectivity index (χ4n) is 2.37. The minimum Gasteiger partial charge on any atom is -0.497 e. The quantitative estimate of drug-likeness (QED) is 0.742. The van der Waals surface area contributed by atoms with Crippen molar-refractivity contribution in [1.82, 2.24) is 4.72 Å². The molecule has 0 unspecified atom stereocenters. The summed E-state index contributed by atoms with van der Waals surface area (Å²) in [7, 11) is -1.92. The Morgan fingerprint density at radius 3 is 2.19 bits per heavy atom. The van der Waals surface area contributed by atoms with Gasteiger partial charge in [-0.1, -0.05) is 12.1 Å². The van der Waals surface area contributed by atoms with Crippen molar-refractivity contribution >= 4 is 21.6 Å². The summed E-state index contributed by atoms with van der Waals surface area (Å²) in [6, 6.07) is 13.5. The summed E-state index contributed by atoms with van der Waals surface area (Å²) in [6.45, 7) is 3.52. The number of methoxy groups -OCH3 is 1. The van der Waals surface area contributed by atoms with Crippen LogP contribution in [-0.4, -0.2) is 27.5 Å². The van der Waals surface area contributed by atoms with Gasteiger partial charge in [-0.2, -0.15) is 0 Å². The van der Waals surface area contributed by atoms with E-state index in [4.69, 9.17) is 4.74 Å². The lowest BCUT2D eigenvalue weighted by Crippen LogP contribution is -2.30. The lowest BCUT2D eigenvalue weighted by atomic mass is 10.1. The highest BCUT2D eigenvalue weighted by Crippen LogP contribution is 2.16. The molecular formula is C19H24N2O4S. The molecule has 0 aliphatic heterocycles. The summed E-state index contributed by atoms with van der Waals surface area (Å²) < 4.78 is 31.8. The molecule has 2 aromatic carbocycles. The Morgan fingerprint density at radius 2 is 1.65 bits per heavy atom. The third-order valence-corrected chi connectivity index (χ3v) is 5.31. The Bertz CT molecular complexity index is 829. The summed E-state index contributed by atoms with van der Waals surface area (Å²) in [5, 5.41) is 2.78. The van der Waals surface area contributed by atoms with Crippen LogP contribution >= 0.6 is 0 Å². The summed E-state index contributed by atoms with van der Waals surface area (Å²) in [6.07, 6.45) is 0.946. The predicted octanol–water partition coefficient (Wildman–Crippen LogP) is 2.95. The van der Waals surface area contributed by atoms with E-state index in [0.29, 0.717) is 18.5 Å². The summed E-state index contributed by atoms with van der Waals surface area (Å²) in [4.78, 5) is 12.2. The first-order valence-electron chi connectivity index (χ1n) is 8.35. The monoisotopic (exact) mass is 376 g/mol. The fourth-order valence-corrected chi connectivity index (χ4v) is 3.62. The van der Waals surface area contributed by atoms with Crippen LogP contribution in [0.1, 0.15) is 25.8 Å². The molecule has 0 fully saturated rings. The molecule has 2 rings (SSSR count). The second kappa shape index (κ2) is 8.82. The molecule has 0 aromatic heterocycles. The first-order valence-corrected chi connectivity index (χ1v) is 9.83. The lowest BCUT2D eigenvalue weighted by molar-refractivity contribution is -0.116. The molecule has 0 saturated heterocycles. The van der Waals surface area contributed by atoms with Gasteiger partial charge in [0.1, 0.15) is 5.75 Å². The number of rotatable bonds is 8. The highest BCUT2D eigenvalue weighted by Gasteiger charge is 2.15. The summed E-state index contributed by atoms with van der Waals surface area (Å²) in [5.41, 5.74) is 1.61. The van der Waals surface area contributed by atoms with Crippen LogP contribution in [-0.2, 0) is 21.2 Å². The topological polar surface area (TPSA) is 84.5 Å². The number of hydrogen-bond acceptors (Lipinski definition) is 4. The molecule has 0 radical (unpaired) electrons. The smallest absolute Gasteiger partial charge is 0.240 e. The number of nitrogens with one attached hydrogen (secondary N) is 2. The van der Waals surface area contributed by atoms with Crippen LogP contribution in [0, 0.1) is 0 Å². The third-order valence-electron chi connectivity index (χ3n) is 3.64. The number of carbonyl (C=O) groups excluding carboxylic acids is 1. The standard InChI is InChI=1S/C19H24N2O4S/c1-14(2)21-26(23,24)18-11-7-16(8-12-18)20-19(22)13-6-15-4-9-17(25-3)10-5-15/h4-5,7-12,14,21H,6,13H2,1-3H3,(H,20,22). The maximum absolute atomic E-state index is 12.1. The van der Waals surface area contributed by atoms with Gasteiger partial charge in [0.2, 0.25) is 15.9 Å². The Balaban J connectivity index is 1.90. The molecule has 140 valence electrons. The second-order valence-electron chi connectivity index (χ2n) is 6.20. The number of aryl methyl sites for hydroxylation is 1. The van der Waals surface area contributed by atoms with Crippen LogP contribution in [0.15, 0.2) is 53.4 Å². The van der Waals surface area contributed by atoms with Gasteiger partial charge in [-0.05, 0) is 62.2 Å². The number of ether oxygens (including phenoxy) is 1. The lowest BCUT2D eigenvalue weighted by Gasteiger charge is -2.10. The number of carbonyl (C=O) groups is 1. The molecular weight excluding hydrogens is 352 g/mol. The number of hydrogen-bond donors (Lipinski definition) is 2. The Labute approximate surface area is 154 Å². The molecule has 6 nitrogen and oxygen atoms in total. The predicted molar refractivity (Wildman–Crippen MR) is 102 cm³/mol. The zero-order chi connectivity index (χ0) is 19.2. The summed E-state index contributed by atoms with van der Waals surface area (Å²) >= 11 is 0. The van der Waals surface area contributed by atoms with Gasteiger partial charge in [-0.15, -0.1) is 0 Å². The SMILES string of the molecule is COc1ccc(CCC(=O)Nc2ccc(S(=O)(=O)NC(C)C)cc2)cc1. The number of sulfonamides is 1. The van der Waals surface area contributed by atoms with E-state index >= 15 is 0 Å². The van der Waals surface area contributed by atoms with Crippen LogP contribution in [0.4, 0.5) is 5.69 Å². The van der Waals surface area contributed by atoms with Gasteiger partial charge in [0, 0.05) is 18.2 Å². The van der Waals surface area contributed by atoms with E-state index in [0.717, 1.165) is 11.3 Å². The fraction of sp³-hybridized carbons (Fsp3) is 0.316. The van der Waals surface area contributed by atoms with Crippen LogP contribution in [0.25, 0.3) is 0 Å². The van der Waals surface area contributed by atoms with Crippen LogP contribution in [0.5, 0.6) is 5.75 Å². The molecule has 0 atom stereocenters. The van der Waals surface area contributed by atoms with E-state index in [1.54, 1.807) is 33.1 Å². The minimum atomic E-state index is -3.53. The first-order chi connectivity index (χ1) is 12.3. The molecule has 26 heavy (non-hydrogen) atoms. The van der Waals surface area contributed by atoms with E-state index in [9.17, 15) is 13.2 Å². The van der Waals surface area contributed by atoms with E-state index in [1.165, 1.54) is 12.1 Å². The zero-order valence-electron chi connectivity index (χ0n) is 15.2. The number of benzene rings is 2. The molecule has 1 amide bonds. The number of amides is 1. The van der Waals surface area contributed by atoms with Gasteiger partial charge in [-0.3, -0.25) is 4.79 Å². The van der Waals surface area contributed by atoms with E-state index in [-0.39, 0.29) is 16.8 Å². The van der Waals surface area contributed by atoms with Crippen LogP contribution < -0.4 is 14.8 Å². The van der Waals surface area contributed by atoms with Crippen molar-refractivity contribution in [2.75, 3.05) is 12.4 Å². The molecule has 2 aromatic rings. The first kappa shape index (κ1) is 19.9. The van der Waals surface area contributed by atoms with Crippen molar-refractivity contribution < 1.29 is 17.9 Å². The van der Waals surface area contributed by atoms with Crippen molar-refractivity contribution in [3.8, 4) is 5.75 Å². The van der Waals surface area contributed by atoms with Gasteiger partial charge in [0.15, 0.2) is 0 Å². The van der Waals surface area contributed by atoms with Crippen molar-refractivity contribution in [2.24, 2.45) is 0 Å². The maximum atomic E-state index is 12.1. The zero-order valence-corrected chi connectivity index (χ0v) is 16.0. The largest absolute Gasteiger partial charge is 0.497 e. The highest BCUT2D eigenvalue weighted by molar-refractivity contribution is 7.89. The van der Waals surface area contributed by atoms with Crippen LogP contribution in [0.3, 0.4) is 0 Å². The van der Waals surface area contributed by atoms with Crippen LogP contribution in [0.2, 0.25) is 0 Å². The van der Waals surface area contributed by atoms with Gasteiger partial charge in [-0.25, -0.2) is 13.1 Å². The van der Waals surface area contributed by atoms with Gasteiger partial charge < -0.3 is 10.1 Å². The molecule has 0 saturated carbocycles. The van der Waals surface area contributed by atoms with Crippen molar-refractivity contribution in [3.05, 3.63) is 54.1 Å². The Hall–Kier alpha value is -2.38. The Morgan fingerprint density at radius 1 is 1.04 bits per heavy atom. The van der Waals surface area contributed by atoms with Gasteiger partial charge in [0.25, 0.3) is 0 Å². The molecule has 2 N–H and O–H groups in total. The highest BCUT2D eigenvalue weighted by atomic mass is 32.2. The van der Waals surface area contributed by atoms with Gasteiger partial charge >= 0.3 is 0 Å². The normalized spacial score (nSPS) is 11.4. The molecule has 0 aliphatic rings. The van der Waals surface area contributed by atoms with Gasteiger partial charge in [0.05, 0.1) is 12.0 Å². The van der Waals surface area contributed by atoms with E-state index < -0.39 is 10.0 Å². The van der Waals surface area contributed by atoms with E-state index in [2.05, 4.69) is 10.0 Å². The van der Waals surface area contributed by atoms with Crippen molar-refractivity contribution in [3.63, 3.8) is 0 Å². The average Bonchev–Trinajstić information content (AvgIpc) is 2.60. The van der Waals surface area contributed by atoms with Crippen molar-refractivity contribution in [1.29, 1.82) is 0 Å². The molecule has 0 heterocycles. The second-order valence-corrected chi connectivity index (χ2v) is 7.91. The van der Waals surface area contributed by atoms with E-state index in [1.807, 2.05) is 24.3 Å². The molecule has 7 heteroatoms. The molecule has 0 spiro atoms. The van der Waals surface area contributed by atoms with Crippen molar-refractivity contribution in [2.45, 2.75) is 37.6 Å². The minimum absolute atomic E-state index is 0.128. The maximum Gasteiger partial charge on any atom is 0.240 e. The Kier molecular flexibility index (Phi) is 6.76. The molecule has 0 aliphatic carbocycles. The summed E-state index contributed by atoms with van der Waals surface area (Å²) in [5.74, 6) is 0.650.